The van der Waals surface area contributed by atoms with E-state index < -0.39 is 12.1 Å². The fraction of sp³-hybridized carbons (Fsp3) is 0.671. The molecular weight excluding hydrogens is 903 g/mol. The fourth-order valence-electron chi connectivity index (χ4n) is 8.90. The van der Waals surface area contributed by atoms with Crippen molar-refractivity contribution in [2.24, 2.45) is 0 Å². The van der Waals surface area contributed by atoms with Crippen LogP contribution in [-0.2, 0) is 4.79 Å². The lowest BCUT2D eigenvalue weighted by Gasteiger charge is -2.19. The van der Waals surface area contributed by atoms with Gasteiger partial charge in [-0.1, -0.05) is 314 Å². The fourth-order valence-corrected chi connectivity index (χ4v) is 8.90. The van der Waals surface area contributed by atoms with Gasteiger partial charge >= 0.3 is 0 Å². The van der Waals surface area contributed by atoms with Crippen molar-refractivity contribution in [3.05, 3.63) is 134 Å². The van der Waals surface area contributed by atoms with Crippen molar-refractivity contribution >= 4 is 5.91 Å². The number of hydrogen-bond acceptors (Lipinski definition) is 3. The Bertz CT molecular complexity index is 1490. The highest BCUT2D eigenvalue weighted by Crippen LogP contribution is 2.17. The predicted molar refractivity (Wildman–Crippen MR) is 331 cm³/mol. The molecule has 74 heavy (non-hydrogen) atoms. The van der Waals surface area contributed by atoms with Crippen LogP contribution >= 0.6 is 0 Å². The third-order valence-electron chi connectivity index (χ3n) is 13.6. The standard InChI is InChI=1S/C70H119NO3/c1-3-5-7-9-11-13-15-17-19-21-23-25-27-29-31-33-34-35-36-38-39-41-43-45-47-49-51-53-55-57-59-61-63-65-69(73)68(67-72)71-70(74)66-64-62-60-58-56-54-52-50-48-46-44-42-40-37-32-30-28-26-24-22-20-18-16-14-12-10-8-6-4-2/h6,8,12,14,18,20,24,26,30,32,40,42,46,48,52,54-55,57-58,60,63,65,68-69,72-73H,3-5,7,9-11,13,15-17,19,21-23,25,27-29,31,33-39,41,43-45,47,49-51,53,56,59,61-62,64,66-67H2,1-2H3,(H,71,74)/b8-6-,14-12-,20-18-,26-24-,32-30-,42-40-,48-46-,54-52-,57-55+,60-58-,65-63+. The number of aliphatic hydroxyl groups excluding tert-OH is 2. The second-order valence-electron chi connectivity index (χ2n) is 20.7. The Labute approximate surface area is 460 Å². The first kappa shape index (κ1) is 70.5. The Hall–Kier alpha value is -3.47. The summed E-state index contributed by atoms with van der Waals surface area (Å²) in [6, 6.07) is -0.682. The van der Waals surface area contributed by atoms with Gasteiger partial charge in [-0.05, 0) is 96.3 Å². The zero-order valence-electron chi connectivity index (χ0n) is 48.6. The van der Waals surface area contributed by atoms with Gasteiger partial charge in [0.2, 0.25) is 5.91 Å². The molecule has 0 radical (unpaired) electrons. The summed E-state index contributed by atoms with van der Waals surface area (Å²) in [7, 11) is 0. The average Bonchev–Trinajstić information content (AvgIpc) is 3.40. The van der Waals surface area contributed by atoms with Crippen molar-refractivity contribution in [2.75, 3.05) is 6.61 Å². The largest absolute Gasteiger partial charge is 0.394 e. The summed E-state index contributed by atoms with van der Waals surface area (Å²) in [5.74, 6) is -0.135. The minimum Gasteiger partial charge on any atom is -0.394 e. The second-order valence-corrected chi connectivity index (χ2v) is 20.7. The highest BCUT2D eigenvalue weighted by atomic mass is 16.3. The topological polar surface area (TPSA) is 69.6 Å². The van der Waals surface area contributed by atoms with Gasteiger partial charge < -0.3 is 15.5 Å². The maximum absolute atomic E-state index is 12.5. The summed E-state index contributed by atoms with van der Waals surface area (Å²) in [5.41, 5.74) is 0. The molecule has 0 aromatic rings. The second kappa shape index (κ2) is 63.8. The van der Waals surface area contributed by atoms with Crippen LogP contribution in [0.15, 0.2) is 134 Å². The van der Waals surface area contributed by atoms with Crippen molar-refractivity contribution in [1.29, 1.82) is 0 Å². The van der Waals surface area contributed by atoms with Gasteiger partial charge in [0.1, 0.15) is 0 Å². The molecule has 422 valence electrons. The smallest absolute Gasteiger partial charge is 0.220 e. The third-order valence-corrected chi connectivity index (χ3v) is 13.6. The highest BCUT2D eigenvalue weighted by molar-refractivity contribution is 5.76. The van der Waals surface area contributed by atoms with E-state index in [4.69, 9.17) is 0 Å². The molecule has 0 rings (SSSR count). The van der Waals surface area contributed by atoms with Crippen molar-refractivity contribution in [1.82, 2.24) is 5.32 Å². The van der Waals surface area contributed by atoms with Crippen LogP contribution in [-0.4, -0.2) is 34.9 Å². The quantitative estimate of drug-likeness (QED) is 0.0420. The molecule has 0 aliphatic heterocycles. The molecule has 0 fully saturated rings. The van der Waals surface area contributed by atoms with Gasteiger partial charge in [-0.3, -0.25) is 4.79 Å². The molecule has 4 nitrogen and oxygen atoms in total. The lowest BCUT2D eigenvalue weighted by atomic mass is 10.0. The minimum atomic E-state index is -0.899. The van der Waals surface area contributed by atoms with Gasteiger partial charge in [-0.15, -0.1) is 0 Å². The third kappa shape index (κ3) is 59.4. The number of nitrogens with one attached hydrogen (secondary N) is 1. The summed E-state index contributed by atoms with van der Waals surface area (Å²) in [6.07, 6.45) is 99.4. The molecule has 0 bridgehead atoms. The minimum absolute atomic E-state index is 0.135. The number of amides is 1. The molecule has 3 N–H and O–H groups in total. The molecule has 0 saturated carbocycles. The van der Waals surface area contributed by atoms with Crippen LogP contribution in [0.3, 0.4) is 0 Å². The summed E-state index contributed by atoms with van der Waals surface area (Å²) in [5, 5.41) is 23.1. The van der Waals surface area contributed by atoms with E-state index >= 15 is 0 Å². The van der Waals surface area contributed by atoms with E-state index in [1.807, 2.05) is 6.08 Å². The Morgan fingerprint density at radius 1 is 0.338 bits per heavy atom. The lowest BCUT2D eigenvalue weighted by Crippen LogP contribution is -2.45. The number of unbranched alkanes of at least 4 members (excludes halogenated alkanes) is 29. The Kier molecular flexibility index (Phi) is 60.8. The predicted octanol–water partition coefficient (Wildman–Crippen LogP) is 21.4. The number of aliphatic hydroxyl groups is 2. The number of carbonyl (C=O) groups excluding carboxylic acids is 1. The van der Waals surface area contributed by atoms with Gasteiger partial charge in [0.25, 0.3) is 0 Å². The molecule has 2 atom stereocenters. The molecule has 0 heterocycles. The Morgan fingerprint density at radius 3 is 0.946 bits per heavy atom. The summed E-state index contributed by atoms with van der Waals surface area (Å²) < 4.78 is 0. The summed E-state index contributed by atoms with van der Waals surface area (Å²) in [6.45, 7) is 4.17. The zero-order valence-corrected chi connectivity index (χ0v) is 48.6. The molecule has 2 unspecified atom stereocenters. The van der Waals surface area contributed by atoms with E-state index in [1.54, 1.807) is 6.08 Å². The molecule has 4 heteroatoms. The zero-order chi connectivity index (χ0) is 53.4. The van der Waals surface area contributed by atoms with Crippen LogP contribution in [0.25, 0.3) is 0 Å². The average molecular weight is 1020 g/mol. The maximum Gasteiger partial charge on any atom is 0.220 e. The summed E-state index contributed by atoms with van der Waals surface area (Å²) >= 11 is 0. The molecule has 0 aromatic carbocycles. The van der Waals surface area contributed by atoms with E-state index in [1.165, 1.54) is 173 Å². The van der Waals surface area contributed by atoms with Crippen molar-refractivity contribution in [2.45, 2.75) is 296 Å². The molecular formula is C70H119NO3. The SMILES string of the molecule is CC/C=C\C/C=C\C/C=C\C/C=C\C/C=C\C/C=C\C/C=C\C/C=C\C/C=C\CCCC(=O)NC(CO)C(O)/C=C/CC/C=C/CCCCCCCCCCCCCCCCCCCCCCCCCCCCC. The Morgan fingerprint density at radius 2 is 0.608 bits per heavy atom. The Balaban J connectivity index is 3.65. The number of hydrogen-bond donors (Lipinski definition) is 3. The van der Waals surface area contributed by atoms with Gasteiger partial charge in [-0.25, -0.2) is 0 Å². The first-order valence-corrected chi connectivity index (χ1v) is 31.4. The van der Waals surface area contributed by atoms with E-state index in [0.29, 0.717) is 6.42 Å². The van der Waals surface area contributed by atoms with Gasteiger partial charge in [0.05, 0.1) is 18.8 Å². The molecule has 0 aromatic heterocycles. The normalized spacial score (nSPS) is 13.7. The summed E-state index contributed by atoms with van der Waals surface area (Å²) in [4.78, 5) is 12.5. The van der Waals surface area contributed by atoms with Crippen LogP contribution < -0.4 is 5.32 Å². The van der Waals surface area contributed by atoms with Crippen LogP contribution in [0.1, 0.15) is 284 Å². The number of rotatable bonds is 56. The van der Waals surface area contributed by atoms with E-state index in [-0.39, 0.29) is 12.5 Å². The van der Waals surface area contributed by atoms with E-state index in [0.717, 1.165) is 89.9 Å². The first-order chi connectivity index (χ1) is 36.7. The highest BCUT2D eigenvalue weighted by Gasteiger charge is 2.17. The van der Waals surface area contributed by atoms with Crippen LogP contribution in [0.4, 0.5) is 0 Å². The maximum atomic E-state index is 12.5. The monoisotopic (exact) mass is 1020 g/mol. The van der Waals surface area contributed by atoms with Crippen molar-refractivity contribution in [3.63, 3.8) is 0 Å². The van der Waals surface area contributed by atoms with E-state index in [2.05, 4.69) is 141 Å². The van der Waals surface area contributed by atoms with E-state index in [9.17, 15) is 15.0 Å². The molecule has 0 aliphatic carbocycles. The van der Waals surface area contributed by atoms with Crippen molar-refractivity contribution < 1.29 is 15.0 Å². The van der Waals surface area contributed by atoms with Crippen LogP contribution in [0, 0.1) is 0 Å². The number of carbonyl (C=O) groups is 1. The molecule has 0 aliphatic rings. The first-order valence-electron chi connectivity index (χ1n) is 31.4. The molecule has 1 amide bonds. The van der Waals surface area contributed by atoms with Crippen LogP contribution in [0.2, 0.25) is 0 Å². The molecule has 0 saturated heterocycles. The lowest BCUT2D eigenvalue weighted by molar-refractivity contribution is -0.122. The van der Waals surface area contributed by atoms with Crippen molar-refractivity contribution in [3.8, 4) is 0 Å². The van der Waals surface area contributed by atoms with Gasteiger partial charge in [0, 0.05) is 6.42 Å². The number of allylic oxidation sites excluding steroid dienone is 21. The molecule has 0 spiro atoms. The van der Waals surface area contributed by atoms with Gasteiger partial charge in [0.15, 0.2) is 0 Å². The van der Waals surface area contributed by atoms with Crippen LogP contribution in [0.5, 0.6) is 0 Å². The van der Waals surface area contributed by atoms with Gasteiger partial charge in [-0.2, -0.15) is 0 Å².